The summed E-state index contributed by atoms with van der Waals surface area (Å²) >= 11 is 3.51. The van der Waals surface area contributed by atoms with Gasteiger partial charge in [-0.2, -0.15) is 0 Å². The summed E-state index contributed by atoms with van der Waals surface area (Å²) in [5, 5.41) is 1.12. The van der Waals surface area contributed by atoms with Gasteiger partial charge in [-0.25, -0.2) is 0 Å². The third kappa shape index (κ3) is 4.99. The molecular formula is C10H21BrN2. The summed E-state index contributed by atoms with van der Waals surface area (Å²) in [6.07, 6.45) is 4.15. The van der Waals surface area contributed by atoms with Crippen molar-refractivity contribution in [3.05, 3.63) is 0 Å². The van der Waals surface area contributed by atoms with Gasteiger partial charge in [0.2, 0.25) is 0 Å². The molecule has 1 aliphatic rings. The van der Waals surface area contributed by atoms with Crippen molar-refractivity contribution in [3.8, 4) is 0 Å². The van der Waals surface area contributed by atoms with E-state index in [2.05, 4.69) is 39.8 Å². The van der Waals surface area contributed by atoms with Crippen LogP contribution in [0.4, 0.5) is 0 Å². The number of rotatable bonds is 7. The molecule has 0 heterocycles. The lowest BCUT2D eigenvalue weighted by atomic mass is 10.3. The van der Waals surface area contributed by atoms with Gasteiger partial charge in [-0.05, 0) is 46.4 Å². The molecule has 0 aromatic heterocycles. The Morgan fingerprint density at radius 1 is 1.15 bits per heavy atom. The Morgan fingerprint density at radius 2 is 1.85 bits per heavy atom. The third-order valence-electron chi connectivity index (χ3n) is 2.49. The van der Waals surface area contributed by atoms with Gasteiger partial charge in [-0.1, -0.05) is 15.9 Å². The Labute approximate surface area is 90.4 Å². The fourth-order valence-corrected chi connectivity index (χ4v) is 2.07. The molecule has 0 N–H and O–H groups in total. The summed E-state index contributed by atoms with van der Waals surface area (Å²) in [4.78, 5) is 4.89. The molecule has 0 radical (unpaired) electrons. The van der Waals surface area contributed by atoms with Crippen molar-refractivity contribution in [3.63, 3.8) is 0 Å². The van der Waals surface area contributed by atoms with Crippen LogP contribution in [0.5, 0.6) is 0 Å². The van der Waals surface area contributed by atoms with Crippen LogP contribution in [-0.4, -0.2) is 54.9 Å². The molecule has 3 heteroatoms. The second-order valence-corrected chi connectivity index (χ2v) is 4.91. The molecule has 1 fully saturated rings. The molecule has 0 bridgehead atoms. The molecule has 0 atom stereocenters. The van der Waals surface area contributed by atoms with E-state index in [1.165, 1.54) is 38.9 Å². The molecule has 13 heavy (non-hydrogen) atoms. The van der Waals surface area contributed by atoms with Gasteiger partial charge in [0.05, 0.1) is 0 Å². The van der Waals surface area contributed by atoms with Crippen molar-refractivity contribution in [2.45, 2.75) is 25.3 Å². The number of halogens is 1. The molecule has 2 nitrogen and oxygen atoms in total. The lowest BCUT2D eigenvalue weighted by Gasteiger charge is -2.21. The Hall–Kier alpha value is 0.400. The normalized spacial score (nSPS) is 17.3. The van der Waals surface area contributed by atoms with Crippen molar-refractivity contribution in [2.24, 2.45) is 0 Å². The summed E-state index contributed by atoms with van der Waals surface area (Å²) in [5.74, 6) is 0. The second kappa shape index (κ2) is 5.99. The number of hydrogen-bond donors (Lipinski definition) is 0. The van der Waals surface area contributed by atoms with Crippen LogP contribution in [0.25, 0.3) is 0 Å². The fourth-order valence-electron chi connectivity index (χ4n) is 1.62. The van der Waals surface area contributed by atoms with Gasteiger partial charge in [-0.15, -0.1) is 0 Å². The molecule has 0 unspecified atom stereocenters. The van der Waals surface area contributed by atoms with Crippen molar-refractivity contribution >= 4 is 15.9 Å². The summed E-state index contributed by atoms with van der Waals surface area (Å²) in [6.45, 7) is 3.71. The van der Waals surface area contributed by atoms with E-state index < -0.39 is 0 Å². The molecule has 0 amide bonds. The average Bonchev–Trinajstić information content (AvgIpc) is 2.84. The summed E-state index contributed by atoms with van der Waals surface area (Å²) in [7, 11) is 4.29. The Morgan fingerprint density at radius 3 is 2.31 bits per heavy atom. The molecular weight excluding hydrogens is 228 g/mol. The fraction of sp³-hybridized carbons (Fsp3) is 1.00. The lowest BCUT2D eigenvalue weighted by molar-refractivity contribution is 0.260. The van der Waals surface area contributed by atoms with Crippen LogP contribution in [0, 0.1) is 0 Å². The zero-order valence-electron chi connectivity index (χ0n) is 8.80. The van der Waals surface area contributed by atoms with Gasteiger partial charge < -0.3 is 4.90 Å². The highest BCUT2D eigenvalue weighted by Gasteiger charge is 2.27. The predicted octanol–water partition coefficient (Wildman–Crippen LogP) is 1.80. The number of alkyl halides is 1. The van der Waals surface area contributed by atoms with E-state index in [1.807, 2.05) is 0 Å². The topological polar surface area (TPSA) is 6.48 Å². The van der Waals surface area contributed by atoms with Gasteiger partial charge in [0, 0.05) is 17.9 Å². The Kier molecular flexibility index (Phi) is 5.29. The van der Waals surface area contributed by atoms with E-state index in [0.717, 1.165) is 11.4 Å². The second-order valence-electron chi connectivity index (χ2n) is 4.11. The van der Waals surface area contributed by atoms with Crippen LogP contribution in [0.3, 0.4) is 0 Å². The molecule has 0 aromatic rings. The molecule has 78 valence electrons. The van der Waals surface area contributed by atoms with Crippen LogP contribution in [0.2, 0.25) is 0 Å². The third-order valence-corrected chi connectivity index (χ3v) is 2.84. The van der Waals surface area contributed by atoms with Gasteiger partial charge in [0.15, 0.2) is 0 Å². The average molecular weight is 249 g/mol. The SMILES string of the molecule is CN(C)CCCN(CCBr)C1CC1. The number of hydrogen-bond acceptors (Lipinski definition) is 2. The molecule has 0 aliphatic heterocycles. The maximum atomic E-state index is 3.51. The van der Waals surface area contributed by atoms with Gasteiger partial charge in [-0.3, -0.25) is 4.90 Å². The molecule has 1 rings (SSSR count). The highest BCUT2D eigenvalue weighted by molar-refractivity contribution is 9.09. The molecule has 0 saturated heterocycles. The minimum absolute atomic E-state index is 0.916. The summed E-state index contributed by atoms with van der Waals surface area (Å²) in [6, 6.07) is 0.916. The van der Waals surface area contributed by atoms with Crippen molar-refractivity contribution in [1.82, 2.24) is 9.80 Å². The minimum atomic E-state index is 0.916. The smallest absolute Gasteiger partial charge is 0.0159 e. The molecule has 0 aromatic carbocycles. The first kappa shape index (κ1) is 11.5. The van der Waals surface area contributed by atoms with Crippen LogP contribution in [-0.2, 0) is 0 Å². The van der Waals surface area contributed by atoms with Crippen molar-refractivity contribution in [1.29, 1.82) is 0 Å². The van der Waals surface area contributed by atoms with Gasteiger partial charge in [0.1, 0.15) is 0 Å². The molecule has 1 saturated carbocycles. The lowest BCUT2D eigenvalue weighted by Crippen LogP contribution is -2.31. The van der Waals surface area contributed by atoms with Crippen LogP contribution in [0.15, 0.2) is 0 Å². The summed E-state index contributed by atoms with van der Waals surface area (Å²) in [5.41, 5.74) is 0. The number of nitrogens with zero attached hydrogens (tertiary/aromatic N) is 2. The summed E-state index contributed by atoms with van der Waals surface area (Å²) < 4.78 is 0. The van der Waals surface area contributed by atoms with Gasteiger partial charge in [0.25, 0.3) is 0 Å². The van der Waals surface area contributed by atoms with E-state index in [9.17, 15) is 0 Å². The molecule has 0 spiro atoms. The van der Waals surface area contributed by atoms with Crippen LogP contribution >= 0.6 is 15.9 Å². The van der Waals surface area contributed by atoms with E-state index in [-0.39, 0.29) is 0 Å². The maximum Gasteiger partial charge on any atom is 0.0159 e. The van der Waals surface area contributed by atoms with Crippen LogP contribution in [0.1, 0.15) is 19.3 Å². The van der Waals surface area contributed by atoms with E-state index in [4.69, 9.17) is 0 Å². The minimum Gasteiger partial charge on any atom is -0.309 e. The standard InChI is InChI=1S/C10H21BrN2/c1-12(2)7-3-8-13(9-6-11)10-4-5-10/h10H,3-9H2,1-2H3. The largest absolute Gasteiger partial charge is 0.309 e. The molecule has 1 aliphatic carbocycles. The van der Waals surface area contributed by atoms with E-state index in [1.54, 1.807) is 0 Å². The van der Waals surface area contributed by atoms with Crippen LogP contribution < -0.4 is 0 Å². The van der Waals surface area contributed by atoms with E-state index >= 15 is 0 Å². The first-order valence-electron chi connectivity index (χ1n) is 5.19. The first-order chi connectivity index (χ1) is 6.24. The van der Waals surface area contributed by atoms with Gasteiger partial charge >= 0.3 is 0 Å². The Balaban J connectivity index is 2.07. The van der Waals surface area contributed by atoms with Crippen molar-refractivity contribution in [2.75, 3.05) is 39.1 Å². The zero-order valence-corrected chi connectivity index (χ0v) is 10.4. The highest BCUT2D eigenvalue weighted by Crippen LogP contribution is 2.26. The van der Waals surface area contributed by atoms with Crippen molar-refractivity contribution < 1.29 is 0 Å². The predicted molar refractivity (Wildman–Crippen MR) is 61.6 cm³/mol. The maximum absolute atomic E-state index is 3.51. The highest BCUT2D eigenvalue weighted by atomic mass is 79.9. The first-order valence-corrected chi connectivity index (χ1v) is 6.31. The Bertz CT molecular complexity index is 135. The quantitative estimate of drug-likeness (QED) is 0.635. The zero-order chi connectivity index (χ0) is 9.68. The van der Waals surface area contributed by atoms with E-state index in [0.29, 0.717) is 0 Å². The monoisotopic (exact) mass is 248 g/mol.